The summed E-state index contributed by atoms with van der Waals surface area (Å²) >= 11 is 0.691. The predicted octanol–water partition coefficient (Wildman–Crippen LogP) is 0.617. The van der Waals surface area contributed by atoms with Crippen molar-refractivity contribution in [3.05, 3.63) is 0 Å². The van der Waals surface area contributed by atoms with Crippen LogP contribution in [0.4, 0.5) is 0 Å². The molecule has 0 aromatic rings. The highest BCUT2D eigenvalue weighted by molar-refractivity contribution is 8.02. The molecular formula is C5H12O5S2. The van der Waals surface area contributed by atoms with E-state index in [4.69, 9.17) is 9.66 Å². The second-order valence-electron chi connectivity index (χ2n) is 2.10. The first-order valence-corrected chi connectivity index (χ1v) is 5.73. The molecule has 0 aliphatic carbocycles. The maximum absolute atomic E-state index is 9.99. The van der Waals surface area contributed by atoms with E-state index < -0.39 is 10.4 Å². The van der Waals surface area contributed by atoms with Crippen molar-refractivity contribution in [2.24, 2.45) is 0 Å². The summed E-state index contributed by atoms with van der Waals surface area (Å²) in [6, 6.07) is 0. The Labute approximate surface area is 76.3 Å². The summed E-state index contributed by atoms with van der Waals surface area (Å²) in [6.45, 7) is 0.143. The SMILES string of the molecule is O=S(=O)(O)OSCCCCCO. The van der Waals surface area contributed by atoms with Gasteiger partial charge in [-0.05, 0) is 12.8 Å². The van der Waals surface area contributed by atoms with Crippen LogP contribution in [0.2, 0.25) is 0 Å². The molecule has 0 radical (unpaired) electrons. The summed E-state index contributed by atoms with van der Waals surface area (Å²) in [4.78, 5) is 0. The molecule has 0 bridgehead atoms. The molecule has 0 aliphatic heterocycles. The van der Waals surface area contributed by atoms with Gasteiger partial charge in [-0.3, -0.25) is 4.55 Å². The molecule has 0 spiro atoms. The Bertz CT molecular complexity index is 188. The zero-order valence-corrected chi connectivity index (χ0v) is 8.10. The van der Waals surface area contributed by atoms with Crippen LogP contribution < -0.4 is 0 Å². The van der Waals surface area contributed by atoms with Gasteiger partial charge in [-0.25, -0.2) is 0 Å². The van der Waals surface area contributed by atoms with Crippen LogP contribution in [0.3, 0.4) is 0 Å². The number of aliphatic hydroxyl groups excluding tert-OH is 1. The average molecular weight is 216 g/mol. The highest BCUT2D eigenvalue weighted by Gasteiger charge is 2.03. The van der Waals surface area contributed by atoms with E-state index >= 15 is 0 Å². The van der Waals surface area contributed by atoms with E-state index in [1.54, 1.807) is 0 Å². The first-order chi connectivity index (χ1) is 5.56. The fourth-order valence-corrected chi connectivity index (χ4v) is 1.62. The van der Waals surface area contributed by atoms with Crippen molar-refractivity contribution in [1.82, 2.24) is 0 Å². The standard InChI is InChI=1S/C5H12O5S2/c6-4-2-1-3-5-11-10-12(7,8)9/h6H,1-5H2,(H,7,8,9). The van der Waals surface area contributed by atoms with Crippen molar-refractivity contribution in [3.8, 4) is 0 Å². The largest absolute Gasteiger partial charge is 0.408 e. The number of rotatable bonds is 7. The van der Waals surface area contributed by atoms with Gasteiger partial charge in [0.05, 0.1) is 0 Å². The lowest BCUT2D eigenvalue weighted by Gasteiger charge is -1.97. The van der Waals surface area contributed by atoms with E-state index in [1.807, 2.05) is 0 Å². The number of aliphatic hydroxyl groups is 1. The minimum absolute atomic E-state index is 0.143. The van der Waals surface area contributed by atoms with Gasteiger partial charge in [0.2, 0.25) is 0 Å². The Morgan fingerprint density at radius 3 is 2.42 bits per heavy atom. The molecule has 2 N–H and O–H groups in total. The third kappa shape index (κ3) is 10.2. The van der Waals surface area contributed by atoms with Gasteiger partial charge in [0.25, 0.3) is 0 Å². The van der Waals surface area contributed by atoms with Crippen LogP contribution >= 0.6 is 12.0 Å². The van der Waals surface area contributed by atoms with Crippen LogP contribution in [0.15, 0.2) is 0 Å². The first-order valence-electron chi connectivity index (χ1n) is 3.45. The van der Waals surface area contributed by atoms with Crippen LogP contribution in [0.5, 0.6) is 0 Å². The van der Waals surface area contributed by atoms with Gasteiger partial charge in [0.15, 0.2) is 0 Å². The molecular weight excluding hydrogens is 204 g/mol. The predicted molar refractivity (Wildman–Crippen MR) is 46.0 cm³/mol. The molecule has 12 heavy (non-hydrogen) atoms. The van der Waals surface area contributed by atoms with Crippen molar-refractivity contribution in [3.63, 3.8) is 0 Å². The number of hydrogen-bond donors (Lipinski definition) is 2. The van der Waals surface area contributed by atoms with Crippen molar-refractivity contribution >= 4 is 22.4 Å². The topological polar surface area (TPSA) is 83.8 Å². The zero-order chi connectivity index (χ0) is 9.45. The second-order valence-corrected chi connectivity index (χ2v) is 4.15. The molecule has 0 aromatic carbocycles. The normalized spacial score (nSPS) is 11.8. The molecule has 0 unspecified atom stereocenters. The molecule has 0 saturated carbocycles. The first kappa shape index (κ1) is 12.2. The Morgan fingerprint density at radius 1 is 1.25 bits per heavy atom. The van der Waals surface area contributed by atoms with E-state index in [1.165, 1.54) is 0 Å². The summed E-state index contributed by atoms with van der Waals surface area (Å²) < 4.78 is 32.1. The third-order valence-electron chi connectivity index (χ3n) is 1.02. The molecule has 0 aliphatic rings. The van der Waals surface area contributed by atoms with Crippen LogP contribution in [0.1, 0.15) is 19.3 Å². The lowest BCUT2D eigenvalue weighted by molar-refractivity contribution is 0.284. The van der Waals surface area contributed by atoms with Crippen molar-refractivity contribution in [1.29, 1.82) is 0 Å². The molecule has 0 atom stereocenters. The van der Waals surface area contributed by atoms with Gasteiger partial charge in [-0.1, -0.05) is 6.42 Å². The van der Waals surface area contributed by atoms with E-state index in [0.29, 0.717) is 24.2 Å². The molecule has 7 heteroatoms. The average Bonchev–Trinajstić information content (AvgIpc) is 1.94. The van der Waals surface area contributed by atoms with Crippen molar-refractivity contribution in [2.75, 3.05) is 12.4 Å². The monoisotopic (exact) mass is 216 g/mol. The molecule has 0 heterocycles. The fraction of sp³-hybridized carbons (Fsp3) is 1.00. The quantitative estimate of drug-likeness (QED) is 0.368. The molecule has 0 rings (SSSR count). The number of hydrogen-bond acceptors (Lipinski definition) is 5. The molecule has 74 valence electrons. The molecule has 0 saturated heterocycles. The smallest absolute Gasteiger partial charge is 0.396 e. The summed E-state index contributed by atoms with van der Waals surface area (Å²) in [7, 11) is -4.30. The Morgan fingerprint density at radius 2 is 1.92 bits per heavy atom. The van der Waals surface area contributed by atoms with Gasteiger partial charge in [0.1, 0.15) is 0 Å². The summed E-state index contributed by atoms with van der Waals surface area (Å²) in [6.07, 6.45) is 2.27. The van der Waals surface area contributed by atoms with Gasteiger partial charge >= 0.3 is 10.4 Å². The van der Waals surface area contributed by atoms with Gasteiger partial charge < -0.3 is 5.11 Å². The highest BCUT2D eigenvalue weighted by Crippen LogP contribution is 2.10. The van der Waals surface area contributed by atoms with Crippen molar-refractivity contribution < 1.29 is 21.7 Å². The molecule has 0 aromatic heterocycles. The van der Waals surface area contributed by atoms with Crippen molar-refractivity contribution in [2.45, 2.75) is 19.3 Å². The van der Waals surface area contributed by atoms with Gasteiger partial charge in [-0.15, -0.1) is 0 Å². The Kier molecular flexibility index (Phi) is 6.77. The van der Waals surface area contributed by atoms with E-state index in [-0.39, 0.29) is 6.61 Å². The van der Waals surface area contributed by atoms with Crippen LogP contribution in [0, 0.1) is 0 Å². The van der Waals surface area contributed by atoms with E-state index in [9.17, 15) is 8.42 Å². The second kappa shape index (κ2) is 6.67. The van der Waals surface area contributed by atoms with Gasteiger partial charge in [-0.2, -0.15) is 12.0 Å². The molecule has 0 amide bonds. The minimum atomic E-state index is -4.30. The van der Waals surface area contributed by atoms with Crippen LogP contribution in [-0.4, -0.2) is 30.4 Å². The number of unbranched alkanes of at least 4 members (excludes halogenated alkanes) is 2. The lowest BCUT2D eigenvalue weighted by Crippen LogP contribution is -1.97. The zero-order valence-electron chi connectivity index (χ0n) is 6.47. The summed E-state index contributed by atoms with van der Waals surface area (Å²) in [5, 5.41) is 8.38. The maximum Gasteiger partial charge on any atom is 0.408 e. The van der Waals surface area contributed by atoms with E-state index in [2.05, 4.69) is 3.63 Å². The Hall–Kier alpha value is 0.180. The maximum atomic E-state index is 9.99. The summed E-state index contributed by atoms with van der Waals surface area (Å²) in [5.41, 5.74) is 0. The van der Waals surface area contributed by atoms with E-state index in [0.717, 1.165) is 12.8 Å². The highest BCUT2D eigenvalue weighted by atomic mass is 32.3. The summed E-state index contributed by atoms with van der Waals surface area (Å²) in [5.74, 6) is 0.486. The van der Waals surface area contributed by atoms with Crippen LogP contribution in [-0.2, 0) is 14.0 Å². The fourth-order valence-electron chi connectivity index (χ4n) is 0.544. The molecule has 0 fully saturated rings. The third-order valence-corrected chi connectivity index (χ3v) is 2.55. The Balaban J connectivity index is 3.12. The minimum Gasteiger partial charge on any atom is -0.396 e. The van der Waals surface area contributed by atoms with Gasteiger partial charge in [0, 0.05) is 24.4 Å². The molecule has 5 nitrogen and oxygen atoms in total. The lowest BCUT2D eigenvalue weighted by atomic mass is 10.3. The van der Waals surface area contributed by atoms with Crippen LogP contribution in [0.25, 0.3) is 0 Å².